The van der Waals surface area contributed by atoms with E-state index >= 15 is 0 Å². The number of aromatic nitrogens is 2. The molecule has 0 aliphatic rings. The second-order valence-electron chi connectivity index (χ2n) is 3.33. The predicted octanol–water partition coefficient (Wildman–Crippen LogP) is 1.58. The fraction of sp³-hybridized carbons (Fsp3) is 0.636. The molecule has 16 heavy (non-hydrogen) atoms. The van der Waals surface area contributed by atoms with E-state index < -0.39 is 0 Å². The maximum Gasteiger partial charge on any atom is 0.187 e. The van der Waals surface area contributed by atoms with Crippen molar-refractivity contribution in [2.24, 2.45) is 0 Å². The van der Waals surface area contributed by atoms with Crippen LogP contribution in [0.25, 0.3) is 0 Å². The van der Waals surface area contributed by atoms with Gasteiger partial charge in [0.1, 0.15) is 0 Å². The molecule has 1 rings (SSSR count). The number of unbranched alkanes of at least 4 members (excludes halogenated alkanes) is 1. The highest BCUT2D eigenvalue weighted by Crippen LogP contribution is 2.12. The van der Waals surface area contributed by atoms with Gasteiger partial charge in [-0.2, -0.15) is 0 Å². The zero-order valence-electron chi connectivity index (χ0n) is 9.69. The minimum Gasteiger partial charge on any atom is -0.383 e. The molecule has 0 bridgehead atoms. The SMILES string of the molecule is COCCNCCCCSc1ncccn1. The lowest BCUT2D eigenvalue weighted by molar-refractivity contribution is 0.199. The van der Waals surface area contributed by atoms with Crippen molar-refractivity contribution in [2.45, 2.75) is 18.0 Å². The van der Waals surface area contributed by atoms with Gasteiger partial charge in [-0.15, -0.1) is 0 Å². The van der Waals surface area contributed by atoms with Gasteiger partial charge in [-0.05, 0) is 25.5 Å². The van der Waals surface area contributed by atoms with E-state index in [0.29, 0.717) is 0 Å². The van der Waals surface area contributed by atoms with Crippen molar-refractivity contribution >= 4 is 11.8 Å². The van der Waals surface area contributed by atoms with E-state index in [9.17, 15) is 0 Å². The van der Waals surface area contributed by atoms with Crippen molar-refractivity contribution in [1.82, 2.24) is 15.3 Å². The Morgan fingerprint density at radius 1 is 1.25 bits per heavy atom. The van der Waals surface area contributed by atoms with Crippen LogP contribution in [-0.2, 0) is 4.74 Å². The summed E-state index contributed by atoms with van der Waals surface area (Å²) in [6, 6.07) is 1.84. The fourth-order valence-electron chi connectivity index (χ4n) is 1.17. The van der Waals surface area contributed by atoms with Gasteiger partial charge in [0.05, 0.1) is 6.61 Å². The van der Waals surface area contributed by atoms with Crippen LogP contribution in [0.15, 0.2) is 23.6 Å². The van der Waals surface area contributed by atoms with E-state index in [1.807, 2.05) is 6.07 Å². The highest BCUT2D eigenvalue weighted by atomic mass is 32.2. The molecule has 5 heteroatoms. The quantitative estimate of drug-likeness (QED) is 0.404. The summed E-state index contributed by atoms with van der Waals surface area (Å²) in [5.74, 6) is 1.08. The minimum atomic E-state index is 0.784. The summed E-state index contributed by atoms with van der Waals surface area (Å²) in [6.07, 6.45) is 5.93. The maximum atomic E-state index is 4.94. The molecule has 0 atom stereocenters. The van der Waals surface area contributed by atoms with Crippen molar-refractivity contribution in [3.8, 4) is 0 Å². The molecular formula is C11H19N3OS. The molecule has 0 spiro atoms. The van der Waals surface area contributed by atoms with Gasteiger partial charge in [-0.25, -0.2) is 9.97 Å². The van der Waals surface area contributed by atoms with Crippen LogP contribution < -0.4 is 5.32 Å². The van der Waals surface area contributed by atoms with Crippen LogP contribution in [0.4, 0.5) is 0 Å². The van der Waals surface area contributed by atoms with Crippen LogP contribution >= 0.6 is 11.8 Å². The summed E-state index contributed by atoms with van der Waals surface area (Å²) < 4.78 is 4.94. The molecule has 0 saturated heterocycles. The average Bonchev–Trinajstić information content (AvgIpc) is 2.34. The summed E-state index contributed by atoms with van der Waals surface area (Å²) >= 11 is 1.71. The second-order valence-corrected chi connectivity index (χ2v) is 4.39. The smallest absolute Gasteiger partial charge is 0.187 e. The van der Waals surface area contributed by atoms with E-state index in [1.54, 1.807) is 31.3 Å². The summed E-state index contributed by atoms with van der Waals surface area (Å²) in [6.45, 7) is 2.78. The highest BCUT2D eigenvalue weighted by molar-refractivity contribution is 7.99. The molecule has 90 valence electrons. The topological polar surface area (TPSA) is 47.0 Å². The monoisotopic (exact) mass is 241 g/mol. The van der Waals surface area contributed by atoms with Gasteiger partial charge in [0, 0.05) is 31.8 Å². The lowest BCUT2D eigenvalue weighted by Gasteiger charge is -2.03. The zero-order valence-corrected chi connectivity index (χ0v) is 10.5. The van der Waals surface area contributed by atoms with Crippen LogP contribution in [0.2, 0.25) is 0 Å². The van der Waals surface area contributed by atoms with E-state index in [2.05, 4.69) is 15.3 Å². The van der Waals surface area contributed by atoms with Crippen molar-refractivity contribution < 1.29 is 4.74 Å². The number of methoxy groups -OCH3 is 1. The van der Waals surface area contributed by atoms with E-state index in [4.69, 9.17) is 4.74 Å². The summed E-state index contributed by atoms with van der Waals surface area (Å²) in [5.41, 5.74) is 0. The van der Waals surface area contributed by atoms with Gasteiger partial charge < -0.3 is 10.1 Å². The lowest BCUT2D eigenvalue weighted by atomic mass is 10.3. The Kier molecular flexibility index (Phi) is 8.02. The Balaban J connectivity index is 1.89. The first-order chi connectivity index (χ1) is 7.93. The molecule has 0 radical (unpaired) electrons. The predicted molar refractivity (Wildman–Crippen MR) is 66.7 cm³/mol. The highest BCUT2D eigenvalue weighted by Gasteiger charge is 1.95. The molecule has 0 amide bonds. The van der Waals surface area contributed by atoms with Crippen molar-refractivity contribution in [3.05, 3.63) is 18.5 Å². The van der Waals surface area contributed by atoms with Crippen molar-refractivity contribution in [2.75, 3.05) is 32.6 Å². The van der Waals surface area contributed by atoms with Gasteiger partial charge in [-0.3, -0.25) is 0 Å². The number of hydrogen-bond donors (Lipinski definition) is 1. The molecule has 4 nitrogen and oxygen atoms in total. The first kappa shape index (κ1) is 13.4. The Bertz CT molecular complexity index is 259. The van der Waals surface area contributed by atoms with Crippen LogP contribution in [-0.4, -0.2) is 42.5 Å². The molecule has 0 aliphatic heterocycles. The van der Waals surface area contributed by atoms with Gasteiger partial charge >= 0.3 is 0 Å². The van der Waals surface area contributed by atoms with E-state index in [-0.39, 0.29) is 0 Å². The third kappa shape index (κ3) is 6.76. The lowest BCUT2D eigenvalue weighted by Crippen LogP contribution is -2.20. The minimum absolute atomic E-state index is 0.784. The van der Waals surface area contributed by atoms with Gasteiger partial charge in [0.15, 0.2) is 5.16 Å². The summed E-state index contributed by atoms with van der Waals surface area (Å²) in [7, 11) is 1.72. The molecule has 1 N–H and O–H groups in total. The molecule has 0 fully saturated rings. The Labute approximate surface area is 101 Å². The van der Waals surface area contributed by atoms with Crippen molar-refractivity contribution in [3.63, 3.8) is 0 Å². The Hall–Kier alpha value is -0.650. The number of ether oxygens (including phenoxy) is 1. The van der Waals surface area contributed by atoms with Crippen LogP contribution in [0.5, 0.6) is 0 Å². The van der Waals surface area contributed by atoms with Gasteiger partial charge in [0.2, 0.25) is 0 Å². The number of thioether (sulfide) groups is 1. The molecule has 1 heterocycles. The number of rotatable bonds is 9. The molecule has 0 saturated carbocycles. The molecular weight excluding hydrogens is 222 g/mol. The van der Waals surface area contributed by atoms with Gasteiger partial charge in [0.25, 0.3) is 0 Å². The van der Waals surface area contributed by atoms with E-state index in [1.165, 1.54) is 12.8 Å². The van der Waals surface area contributed by atoms with Crippen LogP contribution in [0.1, 0.15) is 12.8 Å². The summed E-state index contributed by atoms with van der Waals surface area (Å²) in [5, 5.41) is 4.19. The standard InChI is InChI=1S/C11H19N3OS/c1-15-9-8-12-5-2-3-10-16-11-13-6-4-7-14-11/h4,6-7,12H,2-3,5,8-10H2,1H3. The van der Waals surface area contributed by atoms with Crippen LogP contribution in [0, 0.1) is 0 Å². The van der Waals surface area contributed by atoms with Crippen molar-refractivity contribution in [1.29, 1.82) is 0 Å². The normalized spacial score (nSPS) is 10.6. The molecule has 0 unspecified atom stereocenters. The maximum absolute atomic E-state index is 4.94. The summed E-state index contributed by atoms with van der Waals surface area (Å²) in [4.78, 5) is 8.31. The third-order valence-corrected chi connectivity index (χ3v) is 2.97. The first-order valence-corrected chi connectivity index (χ1v) is 6.51. The Morgan fingerprint density at radius 2 is 2.06 bits per heavy atom. The molecule has 1 aromatic rings. The number of nitrogens with one attached hydrogen (secondary N) is 1. The second kappa shape index (κ2) is 9.57. The molecule has 0 aliphatic carbocycles. The third-order valence-electron chi connectivity index (χ3n) is 2.00. The Morgan fingerprint density at radius 3 is 2.81 bits per heavy atom. The molecule has 1 aromatic heterocycles. The number of nitrogens with zero attached hydrogens (tertiary/aromatic N) is 2. The largest absolute Gasteiger partial charge is 0.383 e. The average molecular weight is 241 g/mol. The fourth-order valence-corrected chi connectivity index (χ4v) is 1.98. The van der Waals surface area contributed by atoms with E-state index in [0.717, 1.165) is 30.6 Å². The first-order valence-electron chi connectivity index (χ1n) is 5.53. The molecule has 0 aromatic carbocycles. The van der Waals surface area contributed by atoms with Crippen LogP contribution in [0.3, 0.4) is 0 Å². The van der Waals surface area contributed by atoms with Gasteiger partial charge in [-0.1, -0.05) is 11.8 Å². The zero-order chi connectivity index (χ0) is 11.5. The number of hydrogen-bond acceptors (Lipinski definition) is 5.